The number of carbonyl (C=O) groups is 1. The fourth-order valence-corrected chi connectivity index (χ4v) is 8.65. The molecule has 0 aromatic carbocycles. The maximum atomic E-state index is 14.1. The maximum Gasteiger partial charge on any atom is 0.460 e. The molecule has 0 saturated heterocycles. The van der Waals surface area contributed by atoms with Crippen molar-refractivity contribution in [2.45, 2.75) is 94.1 Å². The third-order valence-corrected chi connectivity index (χ3v) is 11.3. The van der Waals surface area contributed by atoms with Crippen molar-refractivity contribution in [3.8, 4) is 0 Å². The molecule has 32 heavy (non-hydrogen) atoms. The monoisotopic (exact) mass is 530 g/mol. The van der Waals surface area contributed by atoms with E-state index in [1.54, 1.807) is 0 Å². The van der Waals surface area contributed by atoms with Crippen LogP contribution in [0, 0.1) is 0 Å². The first kappa shape index (κ1) is 31.3. The molecule has 0 spiro atoms. The van der Waals surface area contributed by atoms with Crippen LogP contribution in [-0.2, 0) is 18.5 Å². The quantitative estimate of drug-likeness (QED) is 0.203. The van der Waals surface area contributed by atoms with E-state index in [2.05, 4.69) is 3.63 Å². The molecule has 0 bridgehead atoms. The predicted molar refractivity (Wildman–Crippen MR) is 103 cm³/mol. The Balaban J connectivity index is 6.37. The van der Waals surface area contributed by atoms with E-state index in [4.69, 9.17) is 0 Å². The molecule has 0 amide bonds. The number of halogens is 9. The molecule has 0 aliphatic carbocycles. The van der Waals surface area contributed by atoms with E-state index in [-0.39, 0.29) is 6.42 Å². The van der Waals surface area contributed by atoms with Crippen molar-refractivity contribution in [3.05, 3.63) is 0 Å². The second-order valence-electron chi connectivity index (χ2n) is 7.70. The molecule has 0 unspecified atom stereocenters. The molecule has 0 atom stereocenters. The van der Waals surface area contributed by atoms with Crippen molar-refractivity contribution in [3.63, 3.8) is 0 Å². The number of unbranched alkanes of at least 4 members (excludes halogenated alkanes) is 2. The molecule has 0 aromatic rings. The third kappa shape index (κ3) is 5.86. The van der Waals surface area contributed by atoms with Crippen molar-refractivity contribution in [2.24, 2.45) is 0 Å². The van der Waals surface area contributed by atoms with Crippen LogP contribution in [0.1, 0.15) is 60.3 Å². The SMILES string of the molecule is CCCCCC(=O)CS(OS(=O)(=O)C(F)(F)C(F)(F)C(F)(F)C(F)(F)F)(C(C)C)C(C)C. The highest BCUT2D eigenvalue weighted by molar-refractivity contribution is 8.34. The Hall–Kier alpha value is -0.700. The van der Waals surface area contributed by atoms with Gasteiger partial charge in [-0.25, -0.2) is 3.63 Å². The van der Waals surface area contributed by atoms with Crippen molar-refractivity contribution in [1.82, 2.24) is 0 Å². The zero-order chi connectivity index (χ0) is 26.0. The molecule has 15 heteroatoms. The highest BCUT2D eigenvalue weighted by Gasteiger charge is 2.86. The van der Waals surface area contributed by atoms with Crippen LogP contribution in [0.15, 0.2) is 0 Å². The van der Waals surface area contributed by atoms with Gasteiger partial charge < -0.3 is 0 Å². The van der Waals surface area contributed by atoms with Crippen molar-refractivity contribution >= 4 is 26.2 Å². The molecule has 0 aromatic heterocycles. The van der Waals surface area contributed by atoms with Gasteiger partial charge in [-0.3, -0.25) is 4.79 Å². The van der Waals surface area contributed by atoms with E-state index < -0.39 is 65.7 Å². The predicted octanol–water partition coefficient (Wildman–Crippen LogP) is 6.44. The fraction of sp³-hybridized carbons (Fsp3) is 0.941. The topological polar surface area (TPSA) is 60.4 Å². The smallest absolute Gasteiger partial charge is 0.299 e. The molecule has 0 rings (SSSR count). The van der Waals surface area contributed by atoms with Gasteiger partial charge >= 0.3 is 33.4 Å². The second kappa shape index (κ2) is 10.3. The van der Waals surface area contributed by atoms with Crippen molar-refractivity contribution in [1.29, 1.82) is 0 Å². The van der Waals surface area contributed by atoms with Gasteiger partial charge in [-0.15, -0.1) is 10.3 Å². The first-order chi connectivity index (χ1) is 14.0. The number of hydrogen-bond acceptors (Lipinski definition) is 4. The van der Waals surface area contributed by atoms with Gasteiger partial charge in [0, 0.05) is 16.9 Å². The van der Waals surface area contributed by atoms with E-state index >= 15 is 0 Å². The summed E-state index contributed by atoms with van der Waals surface area (Å²) in [5, 5.41) is -9.01. The molecule has 4 nitrogen and oxygen atoms in total. The molecule has 0 aliphatic rings. The van der Waals surface area contributed by atoms with Gasteiger partial charge in [0.2, 0.25) is 0 Å². The van der Waals surface area contributed by atoms with Crippen LogP contribution < -0.4 is 0 Å². The average molecular weight is 531 g/mol. The van der Waals surface area contributed by atoms with Gasteiger partial charge in [0.25, 0.3) is 0 Å². The van der Waals surface area contributed by atoms with Gasteiger partial charge in [0.1, 0.15) is 5.78 Å². The third-order valence-electron chi connectivity index (χ3n) is 4.69. The van der Waals surface area contributed by atoms with Crippen LogP contribution in [0.4, 0.5) is 39.5 Å². The van der Waals surface area contributed by atoms with Crippen LogP contribution in [0.25, 0.3) is 0 Å². The van der Waals surface area contributed by atoms with Crippen molar-refractivity contribution in [2.75, 3.05) is 5.75 Å². The molecular formula is C17H27F9O4S2. The summed E-state index contributed by atoms with van der Waals surface area (Å²) in [7, 11) is -10.6. The average Bonchev–Trinajstić information content (AvgIpc) is 2.59. The molecule has 0 radical (unpaired) electrons. The minimum atomic E-state index is -7.39. The van der Waals surface area contributed by atoms with Crippen LogP contribution in [0.5, 0.6) is 0 Å². The van der Waals surface area contributed by atoms with E-state index in [1.165, 1.54) is 27.7 Å². The van der Waals surface area contributed by atoms with Gasteiger partial charge in [0.05, 0.1) is 5.75 Å². The lowest BCUT2D eigenvalue weighted by Gasteiger charge is -2.46. The molecule has 0 aliphatic heterocycles. The lowest BCUT2D eigenvalue weighted by Crippen LogP contribution is -2.63. The summed E-state index contributed by atoms with van der Waals surface area (Å²) in [6, 6.07) is 0. The van der Waals surface area contributed by atoms with Crippen LogP contribution in [0.2, 0.25) is 0 Å². The van der Waals surface area contributed by atoms with E-state index in [0.717, 1.165) is 0 Å². The summed E-state index contributed by atoms with van der Waals surface area (Å²) < 4.78 is 147. The zero-order valence-corrected chi connectivity index (χ0v) is 19.7. The Labute approximate surface area is 182 Å². The first-order valence-electron chi connectivity index (χ1n) is 9.51. The maximum absolute atomic E-state index is 14.1. The van der Waals surface area contributed by atoms with Crippen LogP contribution in [0.3, 0.4) is 0 Å². The standard InChI is InChI=1S/C17H27F9O4S2/c1-6-7-8-9-13(27)10-31(11(2)3,12(4)5)30-32(28,29)17(25,26)15(20,21)14(18,19)16(22,23)24/h11-12H,6-10H2,1-5H3. The summed E-state index contributed by atoms with van der Waals surface area (Å²) in [4.78, 5) is 12.3. The van der Waals surface area contributed by atoms with Crippen molar-refractivity contribution < 1.29 is 56.4 Å². The molecule has 0 saturated carbocycles. The minimum Gasteiger partial charge on any atom is -0.299 e. The summed E-state index contributed by atoms with van der Waals surface area (Å²) in [5.41, 5.74) is 0. The number of rotatable bonds is 13. The van der Waals surface area contributed by atoms with E-state index in [1.807, 2.05) is 6.92 Å². The highest BCUT2D eigenvalue weighted by atomic mass is 32.3. The number of alkyl halides is 9. The Morgan fingerprint density at radius 3 is 1.59 bits per heavy atom. The second-order valence-corrected chi connectivity index (χ2v) is 13.4. The van der Waals surface area contributed by atoms with Gasteiger partial charge in [-0.2, -0.15) is 47.9 Å². The first-order valence-corrected chi connectivity index (χ1v) is 12.8. The molecule has 194 valence electrons. The summed E-state index contributed by atoms with van der Waals surface area (Å²) in [6.07, 6.45) is -5.61. The normalized spacial score (nSPS) is 15.5. The Morgan fingerprint density at radius 2 is 1.25 bits per heavy atom. The summed E-state index contributed by atoms with van der Waals surface area (Å²) in [6.45, 7) is 6.78. The van der Waals surface area contributed by atoms with E-state index in [9.17, 15) is 52.7 Å². The highest BCUT2D eigenvalue weighted by Crippen LogP contribution is 2.62. The summed E-state index contributed by atoms with van der Waals surface area (Å²) >= 11 is 0. The van der Waals surface area contributed by atoms with Gasteiger partial charge in [-0.1, -0.05) is 47.5 Å². The van der Waals surface area contributed by atoms with E-state index in [0.29, 0.717) is 19.3 Å². The Bertz CT molecular complexity index is 740. The number of hydrogen-bond donors (Lipinski definition) is 0. The lowest BCUT2D eigenvalue weighted by atomic mass is 10.1. The van der Waals surface area contributed by atoms with Crippen LogP contribution >= 0.6 is 10.3 Å². The largest absolute Gasteiger partial charge is 0.460 e. The lowest BCUT2D eigenvalue weighted by molar-refractivity contribution is -0.382. The molecule has 0 fully saturated rings. The molecule has 0 heterocycles. The van der Waals surface area contributed by atoms with Gasteiger partial charge in [-0.05, 0) is 6.42 Å². The zero-order valence-electron chi connectivity index (χ0n) is 18.0. The van der Waals surface area contributed by atoms with Crippen LogP contribution in [-0.4, -0.2) is 53.7 Å². The Kier molecular flexibility index (Phi) is 10.1. The molecule has 0 N–H and O–H groups in total. The minimum absolute atomic E-state index is 0.107. The fourth-order valence-electron chi connectivity index (χ4n) is 2.68. The van der Waals surface area contributed by atoms with Gasteiger partial charge in [0.15, 0.2) is 0 Å². The number of Topliss-reactive ketones (excluding diaryl/α,β-unsaturated/α-hetero) is 1. The molecular weight excluding hydrogens is 503 g/mol. The summed E-state index contributed by atoms with van der Waals surface area (Å²) in [5.74, 6) is -16.2. The number of carbonyl (C=O) groups excluding carboxylic acids is 1. The number of ketones is 1. The Morgan fingerprint density at radius 1 is 0.812 bits per heavy atom.